The quantitative estimate of drug-likeness (QED) is 0.835. The van der Waals surface area contributed by atoms with E-state index in [4.69, 9.17) is 0 Å². The molecule has 2 rings (SSSR count). The summed E-state index contributed by atoms with van der Waals surface area (Å²) in [6.45, 7) is 5.91. The van der Waals surface area contributed by atoms with Crippen LogP contribution >= 0.6 is 0 Å². The third-order valence-corrected chi connectivity index (χ3v) is 4.45. The van der Waals surface area contributed by atoms with Crippen LogP contribution in [0.4, 0.5) is 0 Å². The molecule has 2 atom stereocenters. The molecule has 114 valence electrons. The summed E-state index contributed by atoms with van der Waals surface area (Å²) in [5, 5.41) is 9.34. The van der Waals surface area contributed by atoms with Gasteiger partial charge in [-0.25, -0.2) is 0 Å². The number of nitrogens with zero attached hydrogens (tertiary/aromatic N) is 2. The van der Waals surface area contributed by atoms with E-state index in [1.165, 1.54) is 0 Å². The predicted octanol–water partition coefficient (Wildman–Crippen LogP) is 0.864. The van der Waals surface area contributed by atoms with E-state index >= 15 is 0 Å². The first-order valence-electron chi connectivity index (χ1n) is 7.74. The summed E-state index contributed by atoms with van der Waals surface area (Å²) in [6, 6.07) is -0.0151. The third kappa shape index (κ3) is 3.14. The lowest BCUT2D eigenvalue weighted by atomic mass is 9.95. The van der Waals surface area contributed by atoms with Gasteiger partial charge < -0.3 is 14.9 Å². The Labute approximate surface area is 120 Å². The molecule has 2 aliphatic heterocycles. The molecule has 0 aliphatic carbocycles. The minimum absolute atomic E-state index is 0.0131. The van der Waals surface area contributed by atoms with Crippen LogP contribution in [0.25, 0.3) is 0 Å². The zero-order chi connectivity index (χ0) is 14.7. The van der Waals surface area contributed by atoms with Crippen molar-refractivity contribution in [3.8, 4) is 0 Å². The molecule has 1 unspecified atom stereocenters. The average molecular weight is 282 g/mol. The SMILES string of the molecule is CC(C)C(=O)N1CCCC(C(=O)N2CCC[C@@H]2CO)C1. The molecule has 0 aromatic carbocycles. The summed E-state index contributed by atoms with van der Waals surface area (Å²) in [5.74, 6) is 0.171. The molecule has 0 radical (unpaired) electrons. The van der Waals surface area contributed by atoms with E-state index in [0.29, 0.717) is 6.54 Å². The van der Waals surface area contributed by atoms with Crippen LogP contribution in [-0.2, 0) is 9.59 Å². The highest BCUT2D eigenvalue weighted by Crippen LogP contribution is 2.25. The molecule has 2 aliphatic rings. The fraction of sp³-hybridized carbons (Fsp3) is 0.867. The summed E-state index contributed by atoms with van der Waals surface area (Å²) in [7, 11) is 0. The zero-order valence-corrected chi connectivity index (χ0v) is 12.5. The number of hydrogen-bond donors (Lipinski definition) is 1. The largest absolute Gasteiger partial charge is 0.394 e. The summed E-state index contributed by atoms with van der Waals surface area (Å²) in [4.78, 5) is 28.3. The second kappa shape index (κ2) is 6.57. The lowest BCUT2D eigenvalue weighted by Crippen LogP contribution is -2.49. The molecule has 1 N–H and O–H groups in total. The molecule has 0 spiro atoms. The Morgan fingerprint density at radius 2 is 1.90 bits per heavy atom. The van der Waals surface area contributed by atoms with E-state index in [0.717, 1.165) is 38.8 Å². The summed E-state index contributed by atoms with van der Waals surface area (Å²) >= 11 is 0. The first-order chi connectivity index (χ1) is 9.54. The van der Waals surface area contributed by atoms with Crippen molar-refractivity contribution in [2.45, 2.75) is 45.6 Å². The Morgan fingerprint density at radius 3 is 2.55 bits per heavy atom. The van der Waals surface area contributed by atoms with Gasteiger partial charge in [0.1, 0.15) is 0 Å². The van der Waals surface area contributed by atoms with Crippen molar-refractivity contribution in [3.63, 3.8) is 0 Å². The van der Waals surface area contributed by atoms with E-state index in [-0.39, 0.29) is 36.3 Å². The number of piperidine rings is 1. The van der Waals surface area contributed by atoms with Gasteiger partial charge in [-0.15, -0.1) is 0 Å². The maximum absolute atomic E-state index is 12.6. The Kier molecular flexibility index (Phi) is 5.02. The van der Waals surface area contributed by atoms with Gasteiger partial charge in [-0.2, -0.15) is 0 Å². The second-order valence-electron chi connectivity index (χ2n) is 6.29. The van der Waals surface area contributed by atoms with Gasteiger partial charge in [0.25, 0.3) is 0 Å². The number of rotatable bonds is 3. The minimum Gasteiger partial charge on any atom is -0.394 e. The van der Waals surface area contributed by atoms with E-state index in [1.807, 2.05) is 23.6 Å². The number of carbonyl (C=O) groups excluding carboxylic acids is 2. The van der Waals surface area contributed by atoms with Gasteiger partial charge in [0.15, 0.2) is 0 Å². The summed E-state index contributed by atoms with van der Waals surface area (Å²) < 4.78 is 0. The standard InChI is InChI=1S/C15H26N2O3/c1-11(2)14(19)16-7-3-5-12(9-16)15(20)17-8-4-6-13(17)10-18/h11-13,18H,3-10H2,1-2H3/t12?,13-/m1/s1. The normalized spacial score (nSPS) is 27.2. The fourth-order valence-corrected chi connectivity index (χ4v) is 3.29. The molecule has 2 fully saturated rings. The van der Waals surface area contributed by atoms with Gasteiger partial charge in [0, 0.05) is 25.6 Å². The molecule has 2 heterocycles. The molecule has 2 amide bonds. The topological polar surface area (TPSA) is 60.9 Å². The molecule has 5 heteroatoms. The van der Waals surface area contributed by atoms with Crippen molar-refractivity contribution in [2.24, 2.45) is 11.8 Å². The number of aliphatic hydroxyl groups excluding tert-OH is 1. The van der Waals surface area contributed by atoms with Crippen LogP contribution in [0.2, 0.25) is 0 Å². The molecule has 20 heavy (non-hydrogen) atoms. The maximum atomic E-state index is 12.6. The molecule has 0 aromatic rings. The van der Waals surface area contributed by atoms with Crippen LogP contribution in [0.1, 0.15) is 39.5 Å². The highest BCUT2D eigenvalue weighted by atomic mass is 16.3. The van der Waals surface area contributed by atoms with Crippen LogP contribution in [0.3, 0.4) is 0 Å². The Bertz CT molecular complexity index is 370. The van der Waals surface area contributed by atoms with Gasteiger partial charge in [0.2, 0.25) is 11.8 Å². The molecule has 0 aromatic heterocycles. The molecule has 5 nitrogen and oxygen atoms in total. The van der Waals surface area contributed by atoms with Crippen LogP contribution in [-0.4, -0.2) is 59.0 Å². The number of likely N-dealkylation sites (tertiary alicyclic amines) is 2. The fourth-order valence-electron chi connectivity index (χ4n) is 3.29. The van der Waals surface area contributed by atoms with Crippen molar-refractivity contribution in [1.82, 2.24) is 9.80 Å². The summed E-state index contributed by atoms with van der Waals surface area (Å²) in [6.07, 6.45) is 3.61. The average Bonchev–Trinajstić information content (AvgIpc) is 2.94. The van der Waals surface area contributed by atoms with Crippen LogP contribution in [0.15, 0.2) is 0 Å². The van der Waals surface area contributed by atoms with E-state index < -0.39 is 0 Å². The zero-order valence-electron chi connectivity index (χ0n) is 12.5. The summed E-state index contributed by atoms with van der Waals surface area (Å²) in [5.41, 5.74) is 0. The first kappa shape index (κ1) is 15.3. The molecule has 0 bridgehead atoms. The number of carbonyl (C=O) groups is 2. The number of hydrogen-bond acceptors (Lipinski definition) is 3. The predicted molar refractivity (Wildman–Crippen MR) is 76.0 cm³/mol. The molecular weight excluding hydrogens is 256 g/mol. The first-order valence-corrected chi connectivity index (χ1v) is 7.74. The molecule has 0 saturated carbocycles. The lowest BCUT2D eigenvalue weighted by molar-refractivity contribution is -0.143. The van der Waals surface area contributed by atoms with Crippen molar-refractivity contribution < 1.29 is 14.7 Å². The van der Waals surface area contributed by atoms with Crippen LogP contribution in [0.5, 0.6) is 0 Å². The third-order valence-electron chi connectivity index (χ3n) is 4.45. The van der Waals surface area contributed by atoms with Crippen LogP contribution < -0.4 is 0 Å². The molecule has 2 saturated heterocycles. The van der Waals surface area contributed by atoms with Crippen molar-refractivity contribution in [3.05, 3.63) is 0 Å². The number of aliphatic hydroxyl groups is 1. The molecular formula is C15H26N2O3. The Morgan fingerprint density at radius 1 is 1.20 bits per heavy atom. The minimum atomic E-state index is -0.0846. The van der Waals surface area contributed by atoms with Gasteiger partial charge in [0.05, 0.1) is 18.6 Å². The van der Waals surface area contributed by atoms with Gasteiger partial charge in [-0.3, -0.25) is 9.59 Å². The van der Waals surface area contributed by atoms with E-state index in [2.05, 4.69) is 0 Å². The van der Waals surface area contributed by atoms with Gasteiger partial charge in [-0.05, 0) is 25.7 Å². The second-order valence-corrected chi connectivity index (χ2v) is 6.29. The maximum Gasteiger partial charge on any atom is 0.227 e. The Balaban J connectivity index is 1.98. The smallest absolute Gasteiger partial charge is 0.227 e. The number of amides is 2. The monoisotopic (exact) mass is 282 g/mol. The van der Waals surface area contributed by atoms with Crippen LogP contribution in [0, 0.1) is 11.8 Å². The Hall–Kier alpha value is -1.10. The lowest BCUT2D eigenvalue weighted by Gasteiger charge is -2.36. The van der Waals surface area contributed by atoms with Crippen molar-refractivity contribution in [2.75, 3.05) is 26.2 Å². The highest BCUT2D eigenvalue weighted by Gasteiger charge is 2.36. The van der Waals surface area contributed by atoms with Gasteiger partial charge in [-0.1, -0.05) is 13.8 Å². The van der Waals surface area contributed by atoms with Gasteiger partial charge >= 0.3 is 0 Å². The van der Waals surface area contributed by atoms with E-state index in [1.54, 1.807) is 0 Å². The highest BCUT2D eigenvalue weighted by molar-refractivity contribution is 5.82. The van der Waals surface area contributed by atoms with Crippen molar-refractivity contribution in [1.29, 1.82) is 0 Å². The van der Waals surface area contributed by atoms with Crippen molar-refractivity contribution >= 4 is 11.8 Å². The van der Waals surface area contributed by atoms with E-state index in [9.17, 15) is 14.7 Å².